The Bertz CT molecular complexity index is 2070. The summed E-state index contributed by atoms with van der Waals surface area (Å²) < 4.78 is 27.4. The lowest BCUT2D eigenvalue weighted by Crippen LogP contribution is -2.38. The summed E-state index contributed by atoms with van der Waals surface area (Å²) in [6.07, 6.45) is 6.48. The molecule has 0 bridgehead atoms. The molecule has 2 N–H and O–H groups in total. The number of piperidine rings is 2. The van der Waals surface area contributed by atoms with Crippen molar-refractivity contribution in [3.63, 3.8) is 0 Å². The predicted octanol–water partition coefficient (Wildman–Crippen LogP) is 8.51. The molecule has 4 heterocycles. The smallest absolute Gasteiger partial charge is 0.411 e. The molecule has 2 aromatic carbocycles. The van der Waals surface area contributed by atoms with Gasteiger partial charge in [-0.3, -0.25) is 9.80 Å². The van der Waals surface area contributed by atoms with Gasteiger partial charge in [0, 0.05) is 28.9 Å². The van der Waals surface area contributed by atoms with Crippen LogP contribution in [0, 0.1) is 17.7 Å². The fourth-order valence-electron chi connectivity index (χ4n) is 8.56. The van der Waals surface area contributed by atoms with Crippen molar-refractivity contribution in [2.75, 3.05) is 0 Å². The molecule has 2 aromatic heterocycles. The normalized spacial score (nSPS) is 25.9. The third kappa shape index (κ3) is 5.78. The number of nitrogens with one attached hydrogen (secondary N) is 2. The Hall–Kier alpha value is -4.67. The third-order valence-electron chi connectivity index (χ3n) is 11.0. The van der Waals surface area contributed by atoms with E-state index in [2.05, 4.69) is 27.1 Å². The number of aryl methyl sites for hydroxylation is 2. The van der Waals surface area contributed by atoms with E-state index in [1.807, 2.05) is 63.5 Å². The molecule has 266 valence electrons. The summed E-state index contributed by atoms with van der Waals surface area (Å²) in [6.45, 7) is 11.3. The lowest BCUT2D eigenvalue weighted by atomic mass is 9.89. The molecule has 3 aliphatic carbocycles. The van der Waals surface area contributed by atoms with Crippen LogP contribution >= 0.6 is 0 Å². The standard InChI is InChI=1S/C40H45FN6O4/c1-39(2,3)50-37(48)46-30-15-23(30)17-32(46)35-42-19-29(44-35)25-11-9-22(14-27(25)41)21-8-7-20-10-12-28-34(26(20)13-21)45-36(43-28)33-18-24-16-31(24)47(33)38(49)51-40(4,5)6/h7-9,11,13-14,19,23-24,30-33H,10,12,15-18H2,1-6H3,(H,42,44)(H,43,45)/t23-,24-,30-,31-,32-,33-/m0/s1. The molecule has 4 fully saturated rings. The van der Waals surface area contributed by atoms with Gasteiger partial charge in [-0.25, -0.2) is 23.9 Å². The zero-order valence-electron chi connectivity index (χ0n) is 30.0. The van der Waals surface area contributed by atoms with Crippen molar-refractivity contribution >= 4 is 12.2 Å². The number of carbonyl (C=O) groups is 2. The Morgan fingerprint density at radius 3 is 2.00 bits per heavy atom. The summed E-state index contributed by atoms with van der Waals surface area (Å²) in [5.74, 6) is 2.06. The van der Waals surface area contributed by atoms with E-state index in [0.29, 0.717) is 28.9 Å². The Kier molecular flexibility index (Phi) is 7.06. The van der Waals surface area contributed by atoms with Crippen molar-refractivity contribution in [1.29, 1.82) is 0 Å². The van der Waals surface area contributed by atoms with Gasteiger partial charge in [0.15, 0.2) is 0 Å². The lowest BCUT2D eigenvalue weighted by Gasteiger charge is -2.29. The van der Waals surface area contributed by atoms with Crippen molar-refractivity contribution in [3.8, 4) is 33.6 Å². The van der Waals surface area contributed by atoms with Gasteiger partial charge < -0.3 is 19.4 Å². The summed E-state index contributed by atoms with van der Waals surface area (Å²) in [6, 6.07) is 11.6. The fraction of sp³-hybridized carbons (Fsp3) is 0.500. The fourth-order valence-corrected chi connectivity index (χ4v) is 8.56. The number of carbonyl (C=O) groups excluding carboxylic acids is 2. The maximum absolute atomic E-state index is 15.9. The topological polar surface area (TPSA) is 116 Å². The van der Waals surface area contributed by atoms with Crippen molar-refractivity contribution in [2.45, 2.75) is 115 Å². The van der Waals surface area contributed by atoms with Crippen LogP contribution in [0.5, 0.6) is 0 Å². The summed E-state index contributed by atoms with van der Waals surface area (Å²) in [5, 5.41) is 0. The van der Waals surface area contributed by atoms with Gasteiger partial charge in [-0.1, -0.05) is 18.2 Å². The minimum Gasteiger partial charge on any atom is -0.444 e. The van der Waals surface area contributed by atoms with Gasteiger partial charge in [0.1, 0.15) is 28.7 Å². The number of aromatic nitrogens is 4. The number of rotatable bonds is 4. The monoisotopic (exact) mass is 692 g/mol. The number of ether oxygens (including phenoxy) is 2. The van der Waals surface area contributed by atoms with Crippen LogP contribution < -0.4 is 0 Å². The number of aromatic amines is 2. The van der Waals surface area contributed by atoms with E-state index >= 15 is 4.39 Å². The number of hydrogen-bond acceptors (Lipinski definition) is 6. The van der Waals surface area contributed by atoms with E-state index < -0.39 is 11.2 Å². The molecular weight excluding hydrogens is 647 g/mol. The van der Waals surface area contributed by atoms with E-state index in [0.717, 1.165) is 72.4 Å². The molecule has 2 aliphatic heterocycles. The van der Waals surface area contributed by atoms with E-state index in [1.54, 1.807) is 18.3 Å². The molecule has 6 atom stereocenters. The van der Waals surface area contributed by atoms with E-state index in [9.17, 15) is 9.59 Å². The minimum absolute atomic E-state index is 0.134. The van der Waals surface area contributed by atoms with E-state index in [1.165, 1.54) is 5.56 Å². The number of benzene rings is 2. The summed E-state index contributed by atoms with van der Waals surface area (Å²) in [4.78, 5) is 46.6. The highest BCUT2D eigenvalue weighted by atomic mass is 19.1. The quantitative estimate of drug-likeness (QED) is 0.222. The number of likely N-dealkylation sites (tertiary alicyclic amines) is 2. The van der Waals surface area contributed by atoms with Crippen molar-refractivity contribution < 1.29 is 23.5 Å². The zero-order valence-corrected chi connectivity index (χ0v) is 30.0. The number of hydrogen-bond donors (Lipinski definition) is 2. The first-order chi connectivity index (χ1) is 24.2. The summed E-state index contributed by atoms with van der Waals surface area (Å²) in [7, 11) is 0. The number of imidazole rings is 2. The first-order valence-electron chi connectivity index (χ1n) is 18.3. The van der Waals surface area contributed by atoms with Crippen LogP contribution in [0.3, 0.4) is 0 Å². The highest BCUT2D eigenvalue weighted by Gasteiger charge is 2.57. The third-order valence-corrected chi connectivity index (χ3v) is 11.0. The van der Waals surface area contributed by atoms with Gasteiger partial charge in [0.2, 0.25) is 0 Å². The van der Waals surface area contributed by atoms with Crippen LogP contribution in [-0.2, 0) is 22.3 Å². The zero-order chi connectivity index (χ0) is 35.6. The maximum Gasteiger partial charge on any atom is 0.411 e. The first kappa shape index (κ1) is 32.3. The molecular formula is C40H45FN6O4. The van der Waals surface area contributed by atoms with Crippen LogP contribution in [-0.4, -0.2) is 65.2 Å². The average Bonchev–Trinajstić information content (AvgIpc) is 3.68. The second-order valence-corrected chi connectivity index (χ2v) is 17.1. The Labute approximate surface area is 297 Å². The van der Waals surface area contributed by atoms with E-state index in [-0.39, 0.29) is 42.2 Å². The van der Waals surface area contributed by atoms with Crippen LogP contribution in [0.2, 0.25) is 0 Å². The van der Waals surface area contributed by atoms with Gasteiger partial charge in [-0.05, 0) is 127 Å². The molecule has 10 nitrogen and oxygen atoms in total. The Morgan fingerprint density at radius 2 is 1.37 bits per heavy atom. The summed E-state index contributed by atoms with van der Waals surface area (Å²) >= 11 is 0. The molecule has 5 aliphatic rings. The van der Waals surface area contributed by atoms with Crippen LogP contribution in [0.1, 0.15) is 102 Å². The molecule has 0 radical (unpaired) electrons. The molecule has 4 aromatic rings. The average molecular weight is 693 g/mol. The predicted molar refractivity (Wildman–Crippen MR) is 189 cm³/mol. The second-order valence-electron chi connectivity index (χ2n) is 17.1. The Morgan fingerprint density at radius 1 is 0.765 bits per heavy atom. The molecule has 9 rings (SSSR count). The molecule has 2 amide bonds. The molecule has 0 spiro atoms. The lowest BCUT2D eigenvalue weighted by molar-refractivity contribution is 0.0164. The number of nitrogens with zero attached hydrogens (tertiary/aromatic N) is 4. The van der Waals surface area contributed by atoms with Crippen molar-refractivity contribution in [1.82, 2.24) is 29.7 Å². The second kappa shape index (κ2) is 11.2. The largest absolute Gasteiger partial charge is 0.444 e. The molecule has 11 heteroatoms. The van der Waals surface area contributed by atoms with Gasteiger partial charge in [0.05, 0.1) is 29.7 Å². The van der Waals surface area contributed by atoms with Crippen LogP contribution in [0.25, 0.3) is 33.6 Å². The van der Waals surface area contributed by atoms with Gasteiger partial charge in [-0.15, -0.1) is 0 Å². The van der Waals surface area contributed by atoms with Crippen molar-refractivity contribution in [2.24, 2.45) is 11.8 Å². The van der Waals surface area contributed by atoms with Gasteiger partial charge >= 0.3 is 12.2 Å². The number of H-pyrrole nitrogens is 2. The van der Waals surface area contributed by atoms with Gasteiger partial charge in [0.25, 0.3) is 0 Å². The highest BCUT2D eigenvalue weighted by molar-refractivity contribution is 5.78. The molecule has 2 saturated carbocycles. The maximum atomic E-state index is 15.9. The molecule has 2 saturated heterocycles. The minimum atomic E-state index is -0.587. The number of fused-ring (bicyclic) bond motifs is 5. The SMILES string of the molecule is CC(C)(C)OC(=O)N1[C@H](c2ncc(-c3ccc(-c4ccc5c(c4)-c4nc([C@@H]6C[C@@H]7C[C@@H]7N6C(=O)OC(C)(C)C)[nH]c4CC5)cc3F)[nH]2)C[C@@H]2C[C@@H]21. The Balaban J connectivity index is 0.957. The number of halogens is 1. The van der Waals surface area contributed by atoms with Crippen molar-refractivity contribution in [3.05, 3.63) is 71.3 Å². The summed E-state index contributed by atoms with van der Waals surface area (Å²) in [5.41, 5.74) is 5.73. The van der Waals surface area contributed by atoms with Crippen LogP contribution in [0.4, 0.5) is 14.0 Å². The first-order valence-corrected chi connectivity index (χ1v) is 18.3. The van der Waals surface area contributed by atoms with Gasteiger partial charge in [-0.2, -0.15) is 0 Å². The molecule has 0 unspecified atom stereocenters. The molecule has 51 heavy (non-hydrogen) atoms. The van der Waals surface area contributed by atoms with E-state index in [4.69, 9.17) is 14.5 Å². The number of amides is 2. The highest BCUT2D eigenvalue weighted by Crippen LogP contribution is 2.55. The van der Waals surface area contributed by atoms with Crippen LogP contribution in [0.15, 0.2) is 42.6 Å².